The molecule has 0 amide bonds. The standard InChI is InChI=1S/C15H26N4O/c1-12(2)7-16-8-13-9-17-10-15(18-13)19(3)11-14-5-4-6-20-14/h9-10,12,14,16H,4-8,11H2,1-3H3. The Morgan fingerprint density at radius 1 is 1.45 bits per heavy atom. The third kappa shape index (κ3) is 4.72. The summed E-state index contributed by atoms with van der Waals surface area (Å²) in [6.07, 6.45) is 6.30. The van der Waals surface area contributed by atoms with Gasteiger partial charge in [-0.05, 0) is 25.3 Å². The number of nitrogens with one attached hydrogen (secondary N) is 1. The molecule has 0 radical (unpaired) electrons. The molecule has 2 rings (SSSR count). The van der Waals surface area contributed by atoms with Crippen LogP contribution in [0.25, 0.3) is 0 Å². The second kappa shape index (κ2) is 7.55. The van der Waals surface area contributed by atoms with Gasteiger partial charge in [-0.15, -0.1) is 0 Å². The summed E-state index contributed by atoms with van der Waals surface area (Å²) >= 11 is 0. The molecule has 1 N–H and O–H groups in total. The predicted molar refractivity (Wildman–Crippen MR) is 80.8 cm³/mol. The molecule has 20 heavy (non-hydrogen) atoms. The van der Waals surface area contributed by atoms with Crippen LogP contribution in [0.5, 0.6) is 0 Å². The van der Waals surface area contributed by atoms with Gasteiger partial charge in [0.2, 0.25) is 0 Å². The van der Waals surface area contributed by atoms with Gasteiger partial charge < -0.3 is 15.0 Å². The summed E-state index contributed by atoms with van der Waals surface area (Å²) in [6.45, 7) is 7.94. The van der Waals surface area contributed by atoms with Crippen molar-refractivity contribution in [3.05, 3.63) is 18.1 Å². The Kier molecular flexibility index (Phi) is 5.73. The Labute approximate surface area is 121 Å². The van der Waals surface area contributed by atoms with E-state index in [-0.39, 0.29) is 0 Å². The Morgan fingerprint density at radius 3 is 3.00 bits per heavy atom. The lowest BCUT2D eigenvalue weighted by molar-refractivity contribution is 0.116. The molecule has 1 saturated heterocycles. The summed E-state index contributed by atoms with van der Waals surface area (Å²) in [4.78, 5) is 11.1. The van der Waals surface area contributed by atoms with Crippen LogP contribution in [-0.4, -0.2) is 42.8 Å². The third-order valence-electron chi connectivity index (χ3n) is 3.42. The van der Waals surface area contributed by atoms with E-state index in [1.54, 1.807) is 0 Å². The highest BCUT2D eigenvalue weighted by Gasteiger charge is 2.18. The number of aromatic nitrogens is 2. The minimum atomic E-state index is 0.338. The molecule has 0 aliphatic carbocycles. The number of nitrogens with zero attached hydrogens (tertiary/aromatic N) is 3. The van der Waals surface area contributed by atoms with Crippen molar-refractivity contribution in [2.45, 2.75) is 39.3 Å². The molecule has 1 unspecified atom stereocenters. The molecule has 2 heterocycles. The number of likely N-dealkylation sites (N-methyl/N-ethyl adjacent to an activating group) is 1. The number of hydrogen-bond donors (Lipinski definition) is 1. The monoisotopic (exact) mass is 278 g/mol. The quantitative estimate of drug-likeness (QED) is 0.824. The van der Waals surface area contributed by atoms with Crippen molar-refractivity contribution in [3.8, 4) is 0 Å². The minimum Gasteiger partial charge on any atom is -0.376 e. The minimum absolute atomic E-state index is 0.338. The lowest BCUT2D eigenvalue weighted by atomic mass is 10.2. The second-order valence-electron chi connectivity index (χ2n) is 5.91. The van der Waals surface area contributed by atoms with Gasteiger partial charge in [0.25, 0.3) is 0 Å². The maximum absolute atomic E-state index is 5.66. The molecule has 112 valence electrons. The zero-order valence-electron chi connectivity index (χ0n) is 12.8. The molecular weight excluding hydrogens is 252 g/mol. The van der Waals surface area contributed by atoms with Gasteiger partial charge in [-0.25, -0.2) is 4.98 Å². The van der Waals surface area contributed by atoms with Crippen LogP contribution in [0.3, 0.4) is 0 Å². The van der Waals surface area contributed by atoms with Crippen molar-refractivity contribution >= 4 is 5.82 Å². The fraction of sp³-hybridized carbons (Fsp3) is 0.733. The van der Waals surface area contributed by atoms with Crippen LogP contribution in [0.2, 0.25) is 0 Å². The normalized spacial score (nSPS) is 18.7. The lowest BCUT2D eigenvalue weighted by Gasteiger charge is -2.21. The van der Waals surface area contributed by atoms with Gasteiger partial charge >= 0.3 is 0 Å². The van der Waals surface area contributed by atoms with Crippen molar-refractivity contribution in [1.29, 1.82) is 0 Å². The molecule has 1 aliphatic rings. The molecule has 1 fully saturated rings. The fourth-order valence-corrected chi connectivity index (χ4v) is 2.34. The first-order valence-corrected chi connectivity index (χ1v) is 7.49. The van der Waals surface area contributed by atoms with Gasteiger partial charge in [-0.1, -0.05) is 13.8 Å². The van der Waals surface area contributed by atoms with E-state index in [0.717, 1.165) is 44.2 Å². The van der Waals surface area contributed by atoms with E-state index in [4.69, 9.17) is 4.74 Å². The van der Waals surface area contributed by atoms with Crippen LogP contribution in [-0.2, 0) is 11.3 Å². The average molecular weight is 278 g/mol. The summed E-state index contributed by atoms with van der Waals surface area (Å²) < 4.78 is 5.66. The summed E-state index contributed by atoms with van der Waals surface area (Å²) in [5.41, 5.74) is 0.988. The van der Waals surface area contributed by atoms with Crippen LogP contribution >= 0.6 is 0 Å². The van der Waals surface area contributed by atoms with Crippen molar-refractivity contribution in [1.82, 2.24) is 15.3 Å². The summed E-state index contributed by atoms with van der Waals surface area (Å²) in [7, 11) is 2.05. The van der Waals surface area contributed by atoms with Crippen LogP contribution in [0.15, 0.2) is 12.4 Å². The average Bonchev–Trinajstić information content (AvgIpc) is 2.91. The van der Waals surface area contributed by atoms with Crippen molar-refractivity contribution in [2.75, 3.05) is 31.6 Å². The summed E-state index contributed by atoms with van der Waals surface area (Å²) in [5.74, 6) is 1.57. The Morgan fingerprint density at radius 2 is 2.30 bits per heavy atom. The van der Waals surface area contributed by atoms with E-state index in [1.807, 2.05) is 12.4 Å². The zero-order valence-corrected chi connectivity index (χ0v) is 12.8. The van der Waals surface area contributed by atoms with E-state index < -0.39 is 0 Å². The predicted octanol–water partition coefficient (Wildman–Crippen LogP) is 1.84. The van der Waals surface area contributed by atoms with Gasteiger partial charge in [0, 0.05) is 32.9 Å². The first-order valence-electron chi connectivity index (χ1n) is 7.49. The van der Waals surface area contributed by atoms with Crippen molar-refractivity contribution < 1.29 is 4.74 Å². The highest BCUT2D eigenvalue weighted by atomic mass is 16.5. The van der Waals surface area contributed by atoms with Crippen LogP contribution in [0, 0.1) is 5.92 Å². The number of hydrogen-bond acceptors (Lipinski definition) is 5. The molecule has 5 nitrogen and oxygen atoms in total. The fourth-order valence-electron chi connectivity index (χ4n) is 2.34. The lowest BCUT2D eigenvalue weighted by Crippen LogP contribution is -2.29. The molecule has 1 aromatic rings. The first kappa shape index (κ1) is 15.2. The first-order chi connectivity index (χ1) is 9.65. The summed E-state index contributed by atoms with van der Waals surface area (Å²) in [6, 6.07) is 0. The number of rotatable bonds is 7. The maximum atomic E-state index is 5.66. The van der Waals surface area contributed by atoms with Gasteiger partial charge in [-0.3, -0.25) is 4.98 Å². The van der Waals surface area contributed by atoms with Gasteiger partial charge in [0.15, 0.2) is 0 Å². The molecule has 1 aliphatic heterocycles. The van der Waals surface area contributed by atoms with E-state index in [0.29, 0.717) is 12.0 Å². The van der Waals surface area contributed by atoms with Gasteiger partial charge in [-0.2, -0.15) is 0 Å². The Balaban J connectivity index is 1.87. The smallest absolute Gasteiger partial charge is 0.147 e. The molecule has 0 spiro atoms. The number of anilines is 1. The molecular formula is C15H26N4O. The van der Waals surface area contributed by atoms with Crippen LogP contribution in [0.1, 0.15) is 32.4 Å². The van der Waals surface area contributed by atoms with Gasteiger partial charge in [0.05, 0.1) is 18.0 Å². The number of ether oxygens (including phenoxy) is 1. The second-order valence-corrected chi connectivity index (χ2v) is 5.91. The van der Waals surface area contributed by atoms with Crippen LogP contribution < -0.4 is 10.2 Å². The molecule has 0 aromatic carbocycles. The zero-order chi connectivity index (χ0) is 14.4. The summed E-state index contributed by atoms with van der Waals surface area (Å²) in [5, 5.41) is 3.39. The Hall–Kier alpha value is -1.20. The molecule has 0 saturated carbocycles. The third-order valence-corrected chi connectivity index (χ3v) is 3.42. The topological polar surface area (TPSA) is 50.3 Å². The molecule has 1 aromatic heterocycles. The molecule has 0 bridgehead atoms. The largest absolute Gasteiger partial charge is 0.376 e. The maximum Gasteiger partial charge on any atom is 0.147 e. The highest BCUT2D eigenvalue weighted by molar-refractivity contribution is 5.35. The SMILES string of the molecule is CC(C)CNCc1cncc(N(C)CC2CCCO2)n1. The van der Waals surface area contributed by atoms with E-state index in [2.05, 4.69) is 41.1 Å². The highest BCUT2D eigenvalue weighted by Crippen LogP contribution is 2.16. The van der Waals surface area contributed by atoms with Gasteiger partial charge in [0.1, 0.15) is 5.82 Å². The van der Waals surface area contributed by atoms with Crippen LogP contribution in [0.4, 0.5) is 5.82 Å². The van der Waals surface area contributed by atoms with E-state index >= 15 is 0 Å². The molecule has 5 heteroatoms. The Bertz CT molecular complexity index is 405. The van der Waals surface area contributed by atoms with Crippen molar-refractivity contribution in [2.24, 2.45) is 5.92 Å². The van der Waals surface area contributed by atoms with E-state index in [1.165, 1.54) is 6.42 Å². The van der Waals surface area contributed by atoms with Crippen molar-refractivity contribution in [3.63, 3.8) is 0 Å². The molecule has 1 atom stereocenters. The van der Waals surface area contributed by atoms with E-state index in [9.17, 15) is 0 Å².